The number of halogens is 2. The summed E-state index contributed by atoms with van der Waals surface area (Å²) in [6.45, 7) is 0.838. The number of nitrogens with zero attached hydrogens (tertiary/aromatic N) is 1. The van der Waals surface area contributed by atoms with Gasteiger partial charge in [-0.2, -0.15) is 0 Å². The third-order valence-electron chi connectivity index (χ3n) is 0.979. The average Bonchev–Trinajstić information content (AvgIpc) is 1.87. The van der Waals surface area contributed by atoms with E-state index in [2.05, 4.69) is 0 Å². The van der Waals surface area contributed by atoms with Gasteiger partial charge >= 0.3 is 0 Å². The Kier molecular flexibility index (Phi) is 6.91. The smallest absolute Gasteiger partial charge is 0.258 e. The highest BCUT2D eigenvalue weighted by atomic mass is 35.5. The second kappa shape index (κ2) is 6.44. The molecule has 0 aliphatic rings. The molecule has 0 heterocycles. The van der Waals surface area contributed by atoms with Gasteiger partial charge in [-0.1, -0.05) is 0 Å². The lowest BCUT2D eigenvalue weighted by Crippen LogP contribution is -2.20. The summed E-state index contributed by atoms with van der Waals surface area (Å²) in [6, 6.07) is 0. The molecule has 62 valence electrons. The van der Waals surface area contributed by atoms with Crippen LogP contribution in [0.4, 0.5) is 0 Å². The van der Waals surface area contributed by atoms with E-state index in [4.69, 9.17) is 28.1 Å². The van der Waals surface area contributed by atoms with E-state index in [9.17, 15) is 4.57 Å². The third-order valence-corrected chi connectivity index (χ3v) is 2.31. The standard InChI is InChI=1S/C4H10Cl2NO2P/c5-1-3-7(4-2-6)10(8)9/h10H,1-4H2,(H,8,9). The minimum atomic E-state index is -2.58. The summed E-state index contributed by atoms with van der Waals surface area (Å²) < 4.78 is 11.8. The highest BCUT2D eigenvalue weighted by molar-refractivity contribution is 7.35. The number of alkyl halides is 2. The zero-order valence-corrected chi connectivity index (χ0v) is 7.90. The predicted molar refractivity (Wildman–Crippen MR) is 44.2 cm³/mol. The molecule has 0 radical (unpaired) electrons. The summed E-state index contributed by atoms with van der Waals surface area (Å²) >= 11 is 10.7. The molecule has 0 rings (SSSR count). The molecule has 0 aromatic heterocycles. The monoisotopic (exact) mass is 205 g/mol. The van der Waals surface area contributed by atoms with E-state index < -0.39 is 8.18 Å². The first kappa shape index (κ1) is 10.7. The van der Waals surface area contributed by atoms with Crippen LogP contribution in [0.5, 0.6) is 0 Å². The normalized spacial score (nSPS) is 14.0. The first-order valence-electron chi connectivity index (χ1n) is 2.82. The molecule has 3 nitrogen and oxygen atoms in total. The summed E-state index contributed by atoms with van der Waals surface area (Å²) in [6.07, 6.45) is 0. The van der Waals surface area contributed by atoms with Crippen molar-refractivity contribution in [1.82, 2.24) is 4.67 Å². The van der Waals surface area contributed by atoms with E-state index in [1.807, 2.05) is 0 Å². The molecule has 0 fully saturated rings. The lowest BCUT2D eigenvalue weighted by atomic mass is 10.7. The van der Waals surface area contributed by atoms with Crippen LogP contribution in [-0.2, 0) is 4.57 Å². The average molecular weight is 206 g/mol. The Morgan fingerprint density at radius 1 is 1.30 bits per heavy atom. The maximum atomic E-state index is 10.5. The summed E-state index contributed by atoms with van der Waals surface area (Å²) in [5.41, 5.74) is 0. The first-order valence-corrected chi connectivity index (χ1v) is 5.19. The van der Waals surface area contributed by atoms with E-state index in [0.29, 0.717) is 24.8 Å². The quantitative estimate of drug-likeness (QED) is 0.541. The molecular weight excluding hydrogens is 196 g/mol. The van der Waals surface area contributed by atoms with Crippen molar-refractivity contribution < 1.29 is 9.46 Å². The van der Waals surface area contributed by atoms with Crippen LogP contribution < -0.4 is 0 Å². The lowest BCUT2D eigenvalue weighted by Gasteiger charge is -2.14. The summed E-state index contributed by atoms with van der Waals surface area (Å²) in [4.78, 5) is 8.63. The summed E-state index contributed by atoms with van der Waals surface area (Å²) in [7, 11) is -2.58. The van der Waals surface area contributed by atoms with Crippen LogP contribution >= 0.6 is 31.4 Å². The van der Waals surface area contributed by atoms with Gasteiger partial charge in [0.15, 0.2) is 0 Å². The molecule has 1 unspecified atom stereocenters. The van der Waals surface area contributed by atoms with E-state index in [-0.39, 0.29) is 0 Å². The maximum Gasteiger partial charge on any atom is 0.258 e. The number of hydrogen-bond acceptors (Lipinski definition) is 1. The Hall–Kier alpha value is 0.730. The van der Waals surface area contributed by atoms with Gasteiger partial charge in [0.25, 0.3) is 8.18 Å². The Morgan fingerprint density at radius 2 is 1.70 bits per heavy atom. The fourth-order valence-electron chi connectivity index (χ4n) is 0.507. The van der Waals surface area contributed by atoms with Gasteiger partial charge < -0.3 is 4.89 Å². The molecule has 0 aliphatic carbocycles. The van der Waals surface area contributed by atoms with Crippen molar-refractivity contribution >= 4 is 31.4 Å². The molecule has 6 heteroatoms. The van der Waals surface area contributed by atoms with Gasteiger partial charge in [0, 0.05) is 24.8 Å². The second-order valence-electron chi connectivity index (χ2n) is 1.65. The van der Waals surface area contributed by atoms with Crippen molar-refractivity contribution in [3.8, 4) is 0 Å². The fourth-order valence-corrected chi connectivity index (χ4v) is 1.80. The second-order valence-corrected chi connectivity index (χ2v) is 3.60. The van der Waals surface area contributed by atoms with Crippen LogP contribution in [-0.4, -0.2) is 34.4 Å². The van der Waals surface area contributed by atoms with E-state index >= 15 is 0 Å². The van der Waals surface area contributed by atoms with Crippen molar-refractivity contribution in [3.63, 3.8) is 0 Å². The van der Waals surface area contributed by atoms with Gasteiger partial charge in [-0.05, 0) is 0 Å². The van der Waals surface area contributed by atoms with Gasteiger partial charge in [0.1, 0.15) is 0 Å². The SMILES string of the molecule is O=[PH](O)N(CCCl)CCCl. The predicted octanol–water partition coefficient (Wildman–Crippen LogP) is 1.15. The molecule has 10 heavy (non-hydrogen) atoms. The van der Waals surface area contributed by atoms with Crippen LogP contribution in [0, 0.1) is 0 Å². The molecular formula is C4H10Cl2NO2P. The van der Waals surface area contributed by atoms with Crippen molar-refractivity contribution in [2.24, 2.45) is 0 Å². The lowest BCUT2D eigenvalue weighted by molar-refractivity contribution is 0.393. The molecule has 1 atom stereocenters. The Labute approximate surface area is 70.8 Å². The molecule has 0 saturated carbocycles. The summed E-state index contributed by atoms with van der Waals surface area (Å²) in [5, 5.41) is 0. The Bertz CT molecular complexity index is 107. The minimum Gasteiger partial charge on any atom is -0.335 e. The van der Waals surface area contributed by atoms with E-state index in [1.54, 1.807) is 0 Å². The van der Waals surface area contributed by atoms with Crippen LogP contribution in [0.15, 0.2) is 0 Å². The topological polar surface area (TPSA) is 40.5 Å². The van der Waals surface area contributed by atoms with E-state index in [0.717, 1.165) is 0 Å². The van der Waals surface area contributed by atoms with Crippen LogP contribution in [0.1, 0.15) is 0 Å². The van der Waals surface area contributed by atoms with Crippen molar-refractivity contribution in [2.75, 3.05) is 24.8 Å². The van der Waals surface area contributed by atoms with Crippen LogP contribution in [0.2, 0.25) is 0 Å². The maximum absolute atomic E-state index is 10.5. The zero-order chi connectivity index (χ0) is 7.98. The van der Waals surface area contributed by atoms with Crippen molar-refractivity contribution in [1.29, 1.82) is 0 Å². The molecule has 0 aliphatic heterocycles. The van der Waals surface area contributed by atoms with Crippen LogP contribution in [0.25, 0.3) is 0 Å². The Morgan fingerprint density at radius 3 is 1.90 bits per heavy atom. The molecule has 0 aromatic carbocycles. The highest BCUT2D eigenvalue weighted by Gasteiger charge is 2.06. The minimum absolute atomic E-state index is 0.355. The van der Waals surface area contributed by atoms with Gasteiger partial charge in [0.05, 0.1) is 0 Å². The Balaban J connectivity index is 3.61. The molecule has 0 aromatic rings. The van der Waals surface area contributed by atoms with Crippen LogP contribution in [0.3, 0.4) is 0 Å². The summed E-state index contributed by atoms with van der Waals surface area (Å²) in [5.74, 6) is 0.710. The van der Waals surface area contributed by atoms with Crippen molar-refractivity contribution in [2.45, 2.75) is 0 Å². The largest absolute Gasteiger partial charge is 0.335 e. The third kappa shape index (κ3) is 4.53. The molecule has 0 amide bonds. The molecule has 0 spiro atoms. The van der Waals surface area contributed by atoms with E-state index in [1.165, 1.54) is 4.67 Å². The van der Waals surface area contributed by atoms with Gasteiger partial charge in [-0.3, -0.25) is 4.57 Å². The molecule has 0 saturated heterocycles. The van der Waals surface area contributed by atoms with Gasteiger partial charge in [-0.15, -0.1) is 23.2 Å². The fraction of sp³-hybridized carbons (Fsp3) is 1.00. The number of rotatable bonds is 5. The molecule has 0 bridgehead atoms. The highest BCUT2D eigenvalue weighted by Crippen LogP contribution is 2.20. The van der Waals surface area contributed by atoms with Gasteiger partial charge in [0.2, 0.25) is 0 Å². The van der Waals surface area contributed by atoms with Gasteiger partial charge in [-0.25, -0.2) is 4.67 Å². The number of hydrogen-bond donors (Lipinski definition) is 1. The molecule has 1 N–H and O–H groups in total. The van der Waals surface area contributed by atoms with Crippen molar-refractivity contribution in [3.05, 3.63) is 0 Å². The zero-order valence-electron chi connectivity index (χ0n) is 5.39. The first-order chi connectivity index (χ1) is 4.72.